The Morgan fingerprint density at radius 2 is 1.92 bits per heavy atom. The van der Waals surface area contributed by atoms with E-state index in [4.69, 9.17) is 9.15 Å². The number of ether oxygens (including phenoxy) is 1. The Morgan fingerprint density at radius 1 is 1.12 bits per heavy atom. The summed E-state index contributed by atoms with van der Waals surface area (Å²) in [5.41, 5.74) is 1.25. The summed E-state index contributed by atoms with van der Waals surface area (Å²) in [5, 5.41) is 8.23. The Labute approximate surface area is 150 Å². The molecule has 2 aromatic heterocycles. The van der Waals surface area contributed by atoms with Crippen molar-refractivity contribution in [3.8, 4) is 5.75 Å². The highest BCUT2D eigenvalue weighted by Crippen LogP contribution is 2.27. The van der Waals surface area contributed by atoms with Crippen molar-refractivity contribution in [3.63, 3.8) is 0 Å². The summed E-state index contributed by atoms with van der Waals surface area (Å²) in [5.74, 6) is 1.59. The van der Waals surface area contributed by atoms with Crippen LogP contribution in [0.25, 0.3) is 0 Å². The Hall–Kier alpha value is -2.80. The van der Waals surface area contributed by atoms with Crippen molar-refractivity contribution in [1.29, 1.82) is 0 Å². The van der Waals surface area contributed by atoms with Crippen LogP contribution in [0.1, 0.15) is 29.7 Å². The third kappa shape index (κ3) is 4.05. The molecule has 4 rings (SSSR count). The number of hydrogen-bond donors (Lipinski definition) is 0. The summed E-state index contributed by atoms with van der Waals surface area (Å²) in [7, 11) is 0. The zero-order valence-electron chi connectivity index (χ0n) is 14.2. The van der Waals surface area contributed by atoms with Crippen LogP contribution in [0.2, 0.25) is 0 Å². The average molecular weight is 354 g/mol. The van der Waals surface area contributed by atoms with Crippen molar-refractivity contribution < 1.29 is 13.5 Å². The maximum absolute atomic E-state index is 12.9. The van der Waals surface area contributed by atoms with Gasteiger partial charge in [0.1, 0.15) is 11.6 Å². The van der Waals surface area contributed by atoms with E-state index in [1.807, 2.05) is 24.5 Å². The van der Waals surface area contributed by atoms with Gasteiger partial charge in [0.05, 0.1) is 5.92 Å². The number of halogens is 1. The van der Waals surface area contributed by atoms with Crippen LogP contribution in [0.4, 0.5) is 4.39 Å². The fourth-order valence-corrected chi connectivity index (χ4v) is 3.09. The predicted octanol–water partition coefficient (Wildman–Crippen LogP) is 3.17. The molecule has 1 aromatic carbocycles. The average Bonchev–Trinajstić information content (AvgIpc) is 3.31. The maximum atomic E-state index is 12.9. The Balaban J connectivity index is 1.31. The van der Waals surface area contributed by atoms with Gasteiger partial charge in [-0.25, -0.2) is 4.39 Å². The van der Waals surface area contributed by atoms with Gasteiger partial charge in [-0.3, -0.25) is 9.88 Å². The van der Waals surface area contributed by atoms with E-state index in [9.17, 15) is 4.39 Å². The van der Waals surface area contributed by atoms with Crippen molar-refractivity contribution in [2.45, 2.75) is 25.5 Å². The largest absolute Gasteiger partial charge is 0.484 e. The number of likely N-dealkylation sites (tertiary alicyclic amines) is 1. The standard InChI is InChI=1S/C19H19FN4O2/c20-16-1-3-17(4-2-16)25-13-18-22-23-19(26-18)15-7-10-24(12-15)11-14-5-8-21-9-6-14/h1-6,8-9,15H,7,10-13H2/t15-/m0/s1. The van der Waals surface area contributed by atoms with Gasteiger partial charge in [0.15, 0.2) is 6.61 Å². The minimum atomic E-state index is -0.296. The number of nitrogens with zero attached hydrogens (tertiary/aromatic N) is 4. The molecule has 0 spiro atoms. The number of hydrogen-bond acceptors (Lipinski definition) is 6. The van der Waals surface area contributed by atoms with Gasteiger partial charge in [0.25, 0.3) is 5.89 Å². The highest BCUT2D eigenvalue weighted by molar-refractivity contribution is 5.22. The van der Waals surface area contributed by atoms with Crippen LogP contribution in [0, 0.1) is 5.82 Å². The second-order valence-electron chi connectivity index (χ2n) is 6.35. The van der Waals surface area contributed by atoms with Gasteiger partial charge < -0.3 is 9.15 Å². The topological polar surface area (TPSA) is 64.3 Å². The van der Waals surface area contributed by atoms with Crippen LogP contribution in [0.15, 0.2) is 53.2 Å². The number of aromatic nitrogens is 3. The molecular formula is C19H19FN4O2. The predicted molar refractivity (Wildman–Crippen MR) is 91.9 cm³/mol. The highest BCUT2D eigenvalue weighted by atomic mass is 19.1. The minimum Gasteiger partial charge on any atom is -0.484 e. The summed E-state index contributed by atoms with van der Waals surface area (Å²) in [4.78, 5) is 6.42. The van der Waals surface area contributed by atoms with Gasteiger partial charge >= 0.3 is 0 Å². The van der Waals surface area contributed by atoms with Crippen LogP contribution in [0.5, 0.6) is 5.75 Å². The summed E-state index contributed by atoms with van der Waals surface area (Å²) >= 11 is 0. The third-order valence-electron chi connectivity index (χ3n) is 4.44. The molecule has 1 aliphatic heterocycles. The fraction of sp³-hybridized carbons (Fsp3) is 0.316. The molecule has 1 atom stereocenters. The molecule has 26 heavy (non-hydrogen) atoms. The van der Waals surface area contributed by atoms with Crippen molar-refractivity contribution in [3.05, 3.63) is 72.0 Å². The van der Waals surface area contributed by atoms with E-state index in [0.717, 1.165) is 26.1 Å². The van der Waals surface area contributed by atoms with Crippen LogP contribution < -0.4 is 4.74 Å². The lowest BCUT2D eigenvalue weighted by Crippen LogP contribution is -2.19. The first kappa shape index (κ1) is 16.7. The molecule has 6 nitrogen and oxygen atoms in total. The second-order valence-corrected chi connectivity index (χ2v) is 6.35. The molecule has 1 fully saturated rings. The van der Waals surface area contributed by atoms with E-state index < -0.39 is 0 Å². The Morgan fingerprint density at radius 3 is 2.73 bits per heavy atom. The lowest BCUT2D eigenvalue weighted by Gasteiger charge is -2.14. The SMILES string of the molecule is Fc1ccc(OCc2nnc([C@H]3CCN(Cc4ccncc4)C3)o2)cc1. The van der Waals surface area contributed by atoms with Gasteiger partial charge in [-0.15, -0.1) is 10.2 Å². The molecule has 134 valence electrons. The number of pyridine rings is 1. The van der Waals surface area contributed by atoms with Crippen molar-refractivity contribution in [2.75, 3.05) is 13.1 Å². The number of rotatable bonds is 6. The fourth-order valence-electron chi connectivity index (χ4n) is 3.09. The smallest absolute Gasteiger partial charge is 0.253 e. The molecule has 0 bridgehead atoms. The van der Waals surface area contributed by atoms with Crippen molar-refractivity contribution in [2.24, 2.45) is 0 Å². The minimum absolute atomic E-state index is 0.173. The van der Waals surface area contributed by atoms with Gasteiger partial charge in [0, 0.05) is 25.5 Å². The zero-order chi connectivity index (χ0) is 17.8. The molecule has 0 N–H and O–H groups in total. The first-order chi connectivity index (χ1) is 12.8. The highest BCUT2D eigenvalue weighted by Gasteiger charge is 2.28. The quantitative estimate of drug-likeness (QED) is 0.677. The molecule has 0 unspecified atom stereocenters. The van der Waals surface area contributed by atoms with Gasteiger partial charge in [-0.05, 0) is 54.9 Å². The van der Waals surface area contributed by atoms with E-state index in [2.05, 4.69) is 20.1 Å². The third-order valence-corrected chi connectivity index (χ3v) is 4.44. The van der Waals surface area contributed by atoms with Crippen molar-refractivity contribution >= 4 is 0 Å². The molecule has 0 amide bonds. The normalized spacial score (nSPS) is 17.5. The molecular weight excluding hydrogens is 335 g/mol. The lowest BCUT2D eigenvalue weighted by atomic mass is 10.1. The summed E-state index contributed by atoms with van der Waals surface area (Å²) in [6.45, 7) is 2.96. The maximum Gasteiger partial charge on any atom is 0.253 e. The molecule has 1 saturated heterocycles. The monoisotopic (exact) mass is 354 g/mol. The van der Waals surface area contributed by atoms with Gasteiger partial charge in [0.2, 0.25) is 5.89 Å². The molecule has 3 heterocycles. The lowest BCUT2D eigenvalue weighted by molar-refractivity contribution is 0.255. The first-order valence-corrected chi connectivity index (χ1v) is 8.58. The molecule has 3 aromatic rings. The molecule has 7 heteroatoms. The Kier molecular flexibility index (Phi) is 4.88. The molecule has 0 radical (unpaired) electrons. The van der Waals surface area contributed by atoms with E-state index in [0.29, 0.717) is 17.5 Å². The molecule has 0 saturated carbocycles. The van der Waals surface area contributed by atoms with E-state index in [1.54, 1.807) is 12.1 Å². The van der Waals surface area contributed by atoms with Crippen LogP contribution in [-0.4, -0.2) is 33.2 Å². The van der Waals surface area contributed by atoms with E-state index in [-0.39, 0.29) is 18.3 Å². The summed E-state index contributed by atoms with van der Waals surface area (Å²) in [6, 6.07) is 9.91. The second kappa shape index (κ2) is 7.61. The Bertz CT molecular complexity index is 838. The molecule has 0 aliphatic carbocycles. The molecule has 1 aliphatic rings. The van der Waals surface area contributed by atoms with Crippen LogP contribution >= 0.6 is 0 Å². The van der Waals surface area contributed by atoms with E-state index in [1.165, 1.54) is 17.7 Å². The van der Waals surface area contributed by atoms with Gasteiger partial charge in [-0.1, -0.05) is 0 Å². The van der Waals surface area contributed by atoms with E-state index >= 15 is 0 Å². The van der Waals surface area contributed by atoms with Crippen molar-refractivity contribution in [1.82, 2.24) is 20.1 Å². The summed E-state index contributed by atoms with van der Waals surface area (Å²) < 4.78 is 24.2. The number of benzene rings is 1. The van der Waals surface area contributed by atoms with Crippen LogP contribution in [0.3, 0.4) is 0 Å². The summed E-state index contributed by atoms with van der Waals surface area (Å²) in [6.07, 6.45) is 4.62. The van der Waals surface area contributed by atoms with Crippen LogP contribution in [-0.2, 0) is 13.2 Å². The first-order valence-electron chi connectivity index (χ1n) is 8.58. The zero-order valence-corrected chi connectivity index (χ0v) is 14.2. The van der Waals surface area contributed by atoms with Gasteiger partial charge in [-0.2, -0.15) is 0 Å².